The maximum atomic E-state index is 12.9. The number of carbonyl (C=O) groups excluding carboxylic acids is 1. The largest absolute Gasteiger partial charge is 0.350 e. The van der Waals surface area contributed by atoms with Gasteiger partial charge in [0.25, 0.3) is 5.91 Å². The van der Waals surface area contributed by atoms with Gasteiger partial charge in [-0.3, -0.25) is 4.79 Å². The van der Waals surface area contributed by atoms with Crippen LogP contribution in [0.25, 0.3) is 0 Å². The summed E-state index contributed by atoms with van der Waals surface area (Å²) in [5.74, 6) is -5.25. The zero-order valence-electron chi connectivity index (χ0n) is 9.85. The summed E-state index contributed by atoms with van der Waals surface area (Å²) in [6.07, 6.45) is 0. The minimum Gasteiger partial charge on any atom is -0.350 e. The van der Waals surface area contributed by atoms with E-state index in [0.717, 1.165) is 0 Å². The van der Waals surface area contributed by atoms with Crippen molar-refractivity contribution in [3.8, 4) is 6.07 Å². The van der Waals surface area contributed by atoms with Crippen LogP contribution in [0.4, 0.5) is 13.2 Å². The molecule has 0 aliphatic heterocycles. The Kier molecular flexibility index (Phi) is 3.96. The van der Waals surface area contributed by atoms with E-state index in [-0.39, 0.29) is 12.1 Å². The van der Waals surface area contributed by atoms with Gasteiger partial charge in [0.2, 0.25) is 0 Å². The molecule has 0 aliphatic carbocycles. The van der Waals surface area contributed by atoms with E-state index in [1.54, 1.807) is 13.8 Å². The summed E-state index contributed by atoms with van der Waals surface area (Å²) in [4.78, 5) is 11.5. The predicted octanol–water partition coefficient (Wildman–Crippen LogP) is 2.38. The molecule has 0 unspecified atom stereocenters. The van der Waals surface area contributed by atoms with Crippen molar-refractivity contribution in [1.82, 2.24) is 5.32 Å². The van der Waals surface area contributed by atoms with Crippen LogP contribution in [0.2, 0.25) is 0 Å². The normalized spacial score (nSPS) is 10.9. The summed E-state index contributed by atoms with van der Waals surface area (Å²) in [6, 6.07) is 3.17. The number of rotatable bonds is 3. The standard InChI is InChI=1S/C12H11F3N2O/c1-12(2,5-16)6-17-11(18)7-3-8(13)10(15)9(14)4-7/h3-4H,6H2,1-2H3,(H,17,18). The lowest BCUT2D eigenvalue weighted by atomic mass is 9.96. The number of nitrogens with one attached hydrogen (secondary N) is 1. The number of carbonyl (C=O) groups is 1. The van der Waals surface area contributed by atoms with Crippen molar-refractivity contribution in [2.45, 2.75) is 13.8 Å². The average Bonchev–Trinajstić information content (AvgIpc) is 2.32. The van der Waals surface area contributed by atoms with E-state index in [0.29, 0.717) is 12.1 Å². The van der Waals surface area contributed by atoms with Gasteiger partial charge in [-0.25, -0.2) is 13.2 Å². The maximum absolute atomic E-state index is 12.9. The summed E-state index contributed by atoms with van der Waals surface area (Å²) in [5, 5.41) is 11.1. The first-order valence-electron chi connectivity index (χ1n) is 5.11. The highest BCUT2D eigenvalue weighted by Crippen LogP contribution is 2.15. The zero-order chi connectivity index (χ0) is 13.9. The lowest BCUT2D eigenvalue weighted by Crippen LogP contribution is -2.33. The Morgan fingerprint density at radius 2 is 1.83 bits per heavy atom. The molecule has 3 nitrogen and oxygen atoms in total. The molecule has 0 radical (unpaired) electrons. The van der Waals surface area contributed by atoms with Crippen LogP contribution in [0.1, 0.15) is 24.2 Å². The van der Waals surface area contributed by atoms with E-state index in [1.165, 1.54) is 0 Å². The second-order valence-corrected chi connectivity index (χ2v) is 4.43. The Morgan fingerprint density at radius 3 is 2.28 bits per heavy atom. The van der Waals surface area contributed by atoms with Gasteiger partial charge in [0.15, 0.2) is 17.5 Å². The van der Waals surface area contributed by atoms with Gasteiger partial charge in [0, 0.05) is 12.1 Å². The summed E-state index contributed by atoms with van der Waals surface area (Å²) in [7, 11) is 0. The van der Waals surface area contributed by atoms with Crippen LogP contribution < -0.4 is 5.32 Å². The molecule has 1 amide bonds. The number of nitriles is 1. The van der Waals surface area contributed by atoms with Crippen molar-refractivity contribution >= 4 is 5.91 Å². The Hall–Kier alpha value is -2.03. The van der Waals surface area contributed by atoms with Crippen molar-refractivity contribution in [3.05, 3.63) is 35.1 Å². The molecule has 0 fully saturated rings. The van der Waals surface area contributed by atoms with Gasteiger partial charge in [-0.15, -0.1) is 0 Å². The van der Waals surface area contributed by atoms with Crippen LogP contribution in [0.5, 0.6) is 0 Å². The molecule has 18 heavy (non-hydrogen) atoms. The van der Waals surface area contributed by atoms with Crippen LogP contribution in [-0.4, -0.2) is 12.5 Å². The summed E-state index contributed by atoms with van der Waals surface area (Å²) in [6.45, 7) is 3.21. The molecule has 1 N–H and O–H groups in total. The predicted molar refractivity (Wildman–Crippen MR) is 58.0 cm³/mol. The molecule has 1 aromatic rings. The SMILES string of the molecule is CC(C)(C#N)CNC(=O)c1cc(F)c(F)c(F)c1. The van der Waals surface area contributed by atoms with Crippen LogP contribution in [0.15, 0.2) is 12.1 Å². The number of halogens is 3. The lowest BCUT2D eigenvalue weighted by molar-refractivity contribution is 0.0942. The Morgan fingerprint density at radius 1 is 1.33 bits per heavy atom. The molecular weight excluding hydrogens is 245 g/mol. The van der Waals surface area contributed by atoms with Crippen LogP contribution in [0.3, 0.4) is 0 Å². The van der Waals surface area contributed by atoms with Crippen LogP contribution in [0, 0.1) is 34.2 Å². The summed E-state index contributed by atoms with van der Waals surface area (Å²) >= 11 is 0. The van der Waals surface area contributed by atoms with Crippen LogP contribution in [-0.2, 0) is 0 Å². The smallest absolute Gasteiger partial charge is 0.251 e. The minimum absolute atomic E-state index is 0.0168. The third-order valence-corrected chi connectivity index (χ3v) is 2.24. The zero-order valence-corrected chi connectivity index (χ0v) is 9.85. The fraction of sp³-hybridized carbons (Fsp3) is 0.333. The molecule has 96 valence electrons. The summed E-state index contributed by atoms with van der Waals surface area (Å²) < 4.78 is 38.5. The topological polar surface area (TPSA) is 52.9 Å². The molecule has 0 heterocycles. The second kappa shape index (κ2) is 5.08. The number of nitrogens with zero attached hydrogens (tertiary/aromatic N) is 1. The molecule has 0 spiro atoms. The molecule has 0 aliphatic rings. The molecule has 0 saturated heterocycles. The van der Waals surface area contributed by atoms with Gasteiger partial charge in [-0.05, 0) is 26.0 Å². The van der Waals surface area contributed by atoms with Gasteiger partial charge >= 0.3 is 0 Å². The van der Waals surface area contributed by atoms with Gasteiger partial charge in [-0.1, -0.05) is 0 Å². The first kappa shape index (κ1) is 14.0. The number of benzene rings is 1. The number of hydrogen-bond acceptors (Lipinski definition) is 2. The minimum atomic E-state index is -1.62. The van der Waals surface area contributed by atoms with Gasteiger partial charge in [-0.2, -0.15) is 5.26 Å². The summed E-state index contributed by atoms with van der Waals surface area (Å²) in [5.41, 5.74) is -1.13. The van der Waals surface area contributed by atoms with E-state index >= 15 is 0 Å². The van der Waals surface area contributed by atoms with E-state index in [9.17, 15) is 18.0 Å². The lowest BCUT2D eigenvalue weighted by Gasteiger charge is -2.15. The fourth-order valence-corrected chi connectivity index (χ4v) is 1.13. The molecule has 0 atom stereocenters. The fourth-order valence-electron chi connectivity index (χ4n) is 1.13. The monoisotopic (exact) mass is 256 g/mol. The molecule has 6 heteroatoms. The van der Waals surface area contributed by atoms with Gasteiger partial charge < -0.3 is 5.32 Å². The highest BCUT2D eigenvalue weighted by Gasteiger charge is 2.20. The van der Waals surface area contributed by atoms with Gasteiger partial charge in [0.1, 0.15) is 0 Å². The molecule has 0 saturated carbocycles. The van der Waals surface area contributed by atoms with Crippen LogP contribution >= 0.6 is 0 Å². The van der Waals surface area contributed by atoms with E-state index in [1.807, 2.05) is 6.07 Å². The average molecular weight is 256 g/mol. The van der Waals surface area contributed by atoms with Crippen molar-refractivity contribution in [2.24, 2.45) is 5.41 Å². The number of hydrogen-bond donors (Lipinski definition) is 1. The molecule has 0 aromatic heterocycles. The third kappa shape index (κ3) is 3.23. The Balaban J connectivity index is 2.84. The van der Waals surface area contributed by atoms with E-state index in [4.69, 9.17) is 5.26 Å². The molecule has 1 aromatic carbocycles. The molecule has 0 bridgehead atoms. The number of amides is 1. The third-order valence-electron chi connectivity index (χ3n) is 2.24. The highest BCUT2D eigenvalue weighted by molar-refractivity contribution is 5.94. The highest BCUT2D eigenvalue weighted by atomic mass is 19.2. The van der Waals surface area contributed by atoms with Gasteiger partial charge in [0.05, 0.1) is 11.5 Å². The van der Waals surface area contributed by atoms with Crippen molar-refractivity contribution < 1.29 is 18.0 Å². The Labute approximate surface area is 102 Å². The van der Waals surface area contributed by atoms with Crippen molar-refractivity contribution in [2.75, 3.05) is 6.54 Å². The maximum Gasteiger partial charge on any atom is 0.251 e. The van der Waals surface area contributed by atoms with Crippen molar-refractivity contribution in [1.29, 1.82) is 5.26 Å². The Bertz CT molecular complexity index is 498. The van der Waals surface area contributed by atoms with E-state index in [2.05, 4.69) is 5.32 Å². The first-order chi connectivity index (χ1) is 8.26. The van der Waals surface area contributed by atoms with Crippen molar-refractivity contribution in [3.63, 3.8) is 0 Å². The molecule has 1 rings (SSSR count). The quantitative estimate of drug-likeness (QED) is 0.844. The first-order valence-corrected chi connectivity index (χ1v) is 5.11. The van der Waals surface area contributed by atoms with E-state index < -0.39 is 28.8 Å². The molecular formula is C12H11F3N2O. The second-order valence-electron chi connectivity index (χ2n) is 4.43.